The molecule has 6 nitrogen and oxygen atoms in total. The molecule has 1 aliphatic rings. The molecule has 0 N–H and O–H groups in total. The highest BCUT2D eigenvalue weighted by atomic mass is 16.5. The Kier molecular flexibility index (Phi) is 3.61. The first-order chi connectivity index (χ1) is 11.2. The first-order valence-corrected chi connectivity index (χ1v) is 8.12. The van der Waals surface area contributed by atoms with Crippen molar-refractivity contribution in [2.24, 2.45) is 0 Å². The number of oxazole rings is 1. The van der Waals surface area contributed by atoms with Crippen LogP contribution in [-0.2, 0) is 6.54 Å². The molecule has 0 saturated carbocycles. The van der Waals surface area contributed by atoms with Gasteiger partial charge in [0.2, 0.25) is 11.8 Å². The Hall–Kier alpha value is -2.21. The Morgan fingerprint density at radius 1 is 1.26 bits per heavy atom. The number of nitrogens with zero attached hydrogens (tertiary/aromatic N) is 4. The van der Waals surface area contributed by atoms with Crippen LogP contribution in [0.25, 0.3) is 11.1 Å². The van der Waals surface area contributed by atoms with Gasteiger partial charge in [0.25, 0.3) is 0 Å². The van der Waals surface area contributed by atoms with Crippen molar-refractivity contribution in [1.29, 1.82) is 0 Å². The summed E-state index contributed by atoms with van der Waals surface area (Å²) in [5, 5.41) is 4.18. The fourth-order valence-electron chi connectivity index (χ4n) is 3.09. The smallest absolute Gasteiger partial charge is 0.229 e. The highest BCUT2D eigenvalue weighted by Crippen LogP contribution is 2.32. The molecule has 3 aromatic rings. The summed E-state index contributed by atoms with van der Waals surface area (Å²) in [7, 11) is 0. The van der Waals surface area contributed by atoms with Crippen molar-refractivity contribution in [2.75, 3.05) is 6.54 Å². The Bertz CT molecular complexity index is 775. The number of rotatable bonds is 4. The van der Waals surface area contributed by atoms with Crippen LogP contribution in [0.1, 0.15) is 56.3 Å². The Balaban J connectivity index is 1.55. The normalized spacial score (nSPS) is 19.2. The Labute approximate surface area is 134 Å². The van der Waals surface area contributed by atoms with Crippen LogP contribution >= 0.6 is 0 Å². The zero-order valence-electron chi connectivity index (χ0n) is 13.4. The first kappa shape index (κ1) is 14.4. The highest BCUT2D eigenvalue weighted by Gasteiger charge is 2.31. The summed E-state index contributed by atoms with van der Waals surface area (Å²) in [5.41, 5.74) is 1.74. The number of aromatic nitrogens is 3. The van der Waals surface area contributed by atoms with Gasteiger partial charge in [0.05, 0.1) is 12.6 Å². The first-order valence-electron chi connectivity index (χ1n) is 8.12. The van der Waals surface area contributed by atoms with E-state index in [1.165, 1.54) is 0 Å². The van der Waals surface area contributed by atoms with Gasteiger partial charge in [-0.3, -0.25) is 4.90 Å². The number of hydrogen-bond donors (Lipinski definition) is 0. The summed E-state index contributed by atoms with van der Waals surface area (Å²) < 4.78 is 11.2. The van der Waals surface area contributed by atoms with E-state index in [1.54, 1.807) is 0 Å². The molecule has 4 rings (SSSR count). The second-order valence-corrected chi connectivity index (χ2v) is 6.35. The summed E-state index contributed by atoms with van der Waals surface area (Å²) in [6.45, 7) is 5.78. The monoisotopic (exact) mass is 312 g/mol. The van der Waals surface area contributed by atoms with Crippen LogP contribution in [0.3, 0.4) is 0 Å². The maximum absolute atomic E-state index is 5.84. The van der Waals surface area contributed by atoms with Gasteiger partial charge in [-0.15, -0.1) is 0 Å². The minimum Gasteiger partial charge on any atom is -0.439 e. The average Bonchev–Trinajstić information content (AvgIpc) is 3.25. The molecule has 0 radical (unpaired) electrons. The number of para-hydroxylation sites is 2. The van der Waals surface area contributed by atoms with Crippen molar-refractivity contribution in [3.63, 3.8) is 0 Å². The number of hydrogen-bond acceptors (Lipinski definition) is 6. The minimum atomic E-state index is 0.182. The van der Waals surface area contributed by atoms with Gasteiger partial charge in [-0.1, -0.05) is 31.1 Å². The molecule has 0 aliphatic carbocycles. The van der Waals surface area contributed by atoms with Gasteiger partial charge in [0.1, 0.15) is 5.52 Å². The molecule has 0 bridgehead atoms. The maximum atomic E-state index is 5.84. The van der Waals surface area contributed by atoms with Gasteiger partial charge in [0.15, 0.2) is 11.4 Å². The summed E-state index contributed by atoms with van der Waals surface area (Å²) in [5.74, 6) is 2.48. The van der Waals surface area contributed by atoms with Crippen LogP contribution in [0.5, 0.6) is 0 Å². The SMILES string of the molecule is CC(C)c1nc([C@@H]2CCCN2Cc2nc3ccccc3o2)no1. The third-order valence-electron chi connectivity index (χ3n) is 4.29. The van der Waals surface area contributed by atoms with Gasteiger partial charge in [0, 0.05) is 5.92 Å². The third-order valence-corrected chi connectivity index (χ3v) is 4.29. The summed E-state index contributed by atoms with van der Waals surface area (Å²) in [6, 6.07) is 8.03. The van der Waals surface area contributed by atoms with Crippen LogP contribution in [0.2, 0.25) is 0 Å². The quantitative estimate of drug-likeness (QED) is 0.732. The van der Waals surface area contributed by atoms with Gasteiger partial charge in [-0.05, 0) is 31.5 Å². The van der Waals surface area contributed by atoms with E-state index in [9.17, 15) is 0 Å². The fourth-order valence-corrected chi connectivity index (χ4v) is 3.09. The standard InChI is InChI=1S/C17H20N4O2/c1-11(2)17-19-16(20-23-17)13-7-5-9-21(13)10-15-18-12-6-3-4-8-14(12)22-15/h3-4,6,8,11,13H,5,7,9-10H2,1-2H3/t13-/m0/s1. The van der Waals surface area contributed by atoms with Crippen LogP contribution in [0.15, 0.2) is 33.2 Å². The molecule has 120 valence electrons. The molecule has 23 heavy (non-hydrogen) atoms. The molecule has 0 amide bonds. The van der Waals surface area contributed by atoms with Crippen molar-refractivity contribution >= 4 is 11.1 Å². The van der Waals surface area contributed by atoms with Crippen LogP contribution in [0.4, 0.5) is 0 Å². The zero-order chi connectivity index (χ0) is 15.8. The average molecular weight is 312 g/mol. The van der Waals surface area contributed by atoms with E-state index >= 15 is 0 Å². The van der Waals surface area contributed by atoms with Crippen molar-refractivity contribution in [3.8, 4) is 0 Å². The Morgan fingerprint density at radius 2 is 2.13 bits per heavy atom. The second kappa shape index (κ2) is 5.77. The highest BCUT2D eigenvalue weighted by molar-refractivity contribution is 5.72. The molecule has 1 aromatic carbocycles. The summed E-state index contributed by atoms with van der Waals surface area (Å²) >= 11 is 0. The predicted molar refractivity (Wildman–Crippen MR) is 84.8 cm³/mol. The minimum absolute atomic E-state index is 0.182. The number of fused-ring (bicyclic) bond motifs is 1. The molecule has 1 aliphatic heterocycles. The fraction of sp³-hybridized carbons (Fsp3) is 0.471. The van der Waals surface area contributed by atoms with E-state index in [0.717, 1.165) is 42.2 Å². The number of benzene rings is 1. The van der Waals surface area contributed by atoms with Gasteiger partial charge < -0.3 is 8.94 Å². The molecule has 3 heterocycles. The lowest BCUT2D eigenvalue weighted by Crippen LogP contribution is -2.23. The maximum Gasteiger partial charge on any atom is 0.229 e. The zero-order valence-corrected chi connectivity index (χ0v) is 13.4. The van der Waals surface area contributed by atoms with E-state index in [2.05, 4.69) is 33.9 Å². The van der Waals surface area contributed by atoms with E-state index in [-0.39, 0.29) is 12.0 Å². The van der Waals surface area contributed by atoms with Crippen molar-refractivity contribution < 1.29 is 8.94 Å². The molecule has 1 fully saturated rings. The van der Waals surface area contributed by atoms with Crippen molar-refractivity contribution in [1.82, 2.24) is 20.0 Å². The lowest BCUT2D eigenvalue weighted by atomic mass is 10.2. The largest absolute Gasteiger partial charge is 0.439 e. The molecule has 1 saturated heterocycles. The van der Waals surface area contributed by atoms with Gasteiger partial charge >= 0.3 is 0 Å². The summed E-state index contributed by atoms with van der Waals surface area (Å²) in [6.07, 6.45) is 2.16. The van der Waals surface area contributed by atoms with E-state index in [4.69, 9.17) is 8.94 Å². The van der Waals surface area contributed by atoms with Crippen LogP contribution in [0, 0.1) is 0 Å². The topological polar surface area (TPSA) is 68.2 Å². The van der Waals surface area contributed by atoms with Crippen molar-refractivity contribution in [3.05, 3.63) is 41.9 Å². The molecule has 0 spiro atoms. The molecule has 2 aromatic heterocycles. The van der Waals surface area contributed by atoms with Crippen LogP contribution < -0.4 is 0 Å². The number of likely N-dealkylation sites (tertiary alicyclic amines) is 1. The lowest BCUT2D eigenvalue weighted by molar-refractivity contribution is 0.214. The third kappa shape index (κ3) is 2.74. The lowest BCUT2D eigenvalue weighted by Gasteiger charge is -2.19. The molecule has 6 heteroatoms. The molecule has 0 unspecified atom stereocenters. The van der Waals surface area contributed by atoms with Crippen molar-refractivity contribution in [2.45, 2.75) is 45.2 Å². The summed E-state index contributed by atoms with van der Waals surface area (Å²) in [4.78, 5) is 11.4. The molecular weight excluding hydrogens is 292 g/mol. The van der Waals surface area contributed by atoms with Crippen LogP contribution in [-0.4, -0.2) is 26.6 Å². The molecule has 1 atom stereocenters. The van der Waals surface area contributed by atoms with E-state index in [1.807, 2.05) is 24.3 Å². The van der Waals surface area contributed by atoms with E-state index < -0.39 is 0 Å². The Morgan fingerprint density at radius 3 is 2.91 bits per heavy atom. The van der Waals surface area contributed by atoms with Gasteiger partial charge in [-0.2, -0.15) is 4.98 Å². The van der Waals surface area contributed by atoms with E-state index in [0.29, 0.717) is 12.4 Å². The predicted octanol–water partition coefficient (Wildman–Crippen LogP) is 3.67. The second-order valence-electron chi connectivity index (χ2n) is 6.35. The van der Waals surface area contributed by atoms with Gasteiger partial charge in [-0.25, -0.2) is 4.98 Å². The molecular formula is C17H20N4O2.